The number of hydrogen-bond donors (Lipinski definition) is 2. The van der Waals surface area contributed by atoms with Gasteiger partial charge in [-0.25, -0.2) is 0 Å². The highest BCUT2D eigenvalue weighted by Crippen LogP contribution is 2.18. The number of nitrogens with one attached hydrogen (secondary N) is 1. The van der Waals surface area contributed by atoms with Crippen molar-refractivity contribution < 1.29 is 14.7 Å². The summed E-state index contributed by atoms with van der Waals surface area (Å²) < 4.78 is 0.986. The van der Waals surface area contributed by atoms with Crippen molar-refractivity contribution in [2.24, 2.45) is 5.92 Å². The van der Waals surface area contributed by atoms with Crippen LogP contribution in [0.2, 0.25) is 0 Å². The van der Waals surface area contributed by atoms with Gasteiger partial charge in [-0.1, -0.05) is 28.1 Å². The highest BCUT2D eigenvalue weighted by Gasteiger charge is 2.28. The van der Waals surface area contributed by atoms with Crippen LogP contribution in [0.25, 0.3) is 0 Å². The predicted molar refractivity (Wildman–Crippen MR) is 91.6 cm³/mol. The van der Waals surface area contributed by atoms with E-state index in [1.54, 1.807) is 0 Å². The zero-order chi connectivity index (χ0) is 17.5. The highest BCUT2D eigenvalue weighted by atomic mass is 79.9. The number of nitriles is 1. The molecule has 7 heteroatoms. The Bertz CT molecular complexity index is 671. The lowest BCUT2D eigenvalue weighted by molar-refractivity contribution is -0.145. The summed E-state index contributed by atoms with van der Waals surface area (Å²) in [5.74, 6) is -1.59. The molecule has 6 nitrogen and oxygen atoms in total. The average Bonchev–Trinajstić information content (AvgIpc) is 2.60. The largest absolute Gasteiger partial charge is 0.481 e. The number of piperidine rings is 1. The van der Waals surface area contributed by atoms with Crippen LogP contribution in [-0.4, -0.2) is 35.0 Å². The number of carboxylic acid groups (broad SMARTS) is 1. The lowest BCUT2D eigenvalue weighted by atomic mass is 9.97. The maximum Gasteiger partial charge on any atom is 0.306 e. The van der Waals surface area contributed by atoms with Gasteiger partial charge in [0, 0.05) is 30.3 Å². The Balaban J connectivity index is 1.90. The first-order chi connectivity index (χ1) is 11.5. The fourth-order valence-electron chi connectivity index (χ4n) is 2.51. The fraction of sp³-hybridized carbons (Fsp3) is 0.353. The summed E-state index contributed by atoms with van der Waals surface area (Å²) in [5.41, 5.74) is 1.06. The van der Waals surface area contributed by atoms with E-state index < -0.39 is 11.9 Å². The van der Waals surface area contributed by atoms with Gasteiger partial charge in [-0.15, -0.1) is 0 Å². The van der Waals surface area contributed by atoms with Gasteiger partial charge in [0.25, 0.3) is 5.91 Å². The Kier molecular flexibility index (Phi) is 6.38. The Morgan fingerprint density at radius 1 is 1.33 bits per heavy atom. The van der Waals surface area contributed by atoms with Crippen LogP contribution in [0.4, 0.5) is 0 Å². The number of benzene rings is 1. The molecule has 1 heterocycles. The monoisotopic (exact) mass is 391 g/mol. The molecule has 1 fully saturated rings. The minimum atomic E-state index is -0.825. The van der Waals surface area contributed by atoms with Crippen LogP contribution in [0.15, 0.2) is 40.5 Å². The van der Waals surface area contributed by atoms with E-state index in [0.29, 0.717) is 32.5 Å². The van der Waals surface area contributed by atoms with Gasteiger partial charge in [0.05, 0.1) is 5.92 Å². The molecule has 1 aromatic rings. The molecule has 1 saturated heterocycles. The number of carbonyl (C=O) groups is 2. The van der Waals surface area contributed by atoms with Gasteiger partial charge in [-0.05, 0) is 30.5 Å². The first-order valence-corrected chi connectivity index (χ1v) is 8.40. The standard InChI is InChI=1S/C17H18BrN3O3/c18-15-3-1-12(2-4-15)10-20-11-14(9-19)16(22)21-7-5-13(6-8-21)17(23)24/h1-4,11,13,20H,5-8,10H2,(H,23,24)/b14-11-. The second-order valence-electron chi connectivity index (χ2n) is 5.58. The quantitative estimate of drug-likeness (QED) is 0.592. The van der Waals surface area contributed by atoms with E-state index in [0.717, 1.165) is 10.0 Å². The van der Waals surface area contributed by atoms with E-state index in [2.05, 4.69) is 21.2 Å². The van der Waals surface area contributed by atoms with Crippen LogP contribution < -0.4 is 5.32 Å². The van der Waals surface area contributed by atoms with Crippen LogP contribution in [0, 0.1) is 17.2 Å². The highest BCUT2D eigenvalue weighted by molar-refractivity contribution is 9.10. The summed E-state index contributed by atoms with van der Waals surface area (Å²) in [4.78, 5) is 24.8. The van der Waals surface area contributed by atoms with Gasteiger partial charge in [0.15, 0.2) is 0 Å². The van der Waals surface area contributed by atoms with Crippen molar-refractivity contribution in [3.8, 4) is 6.07 Å². The molecule has 126 valence electrons. The number of rotatable bonds is 5. The third-order valence-electron chi connectivity index (χ3n) is 3.95. The minimum absolute atomic E-state index is 0.0286. The van der Waals surface area contributed by atoms with E-state index >= 15 is 0 Å². The molecule has 0 atom stereocenters. The van der Waals surface area contributed by atoms with Crippen molar-refractivity contribution in [1.82, 2.24) is 10.2 Å². The van der Waals surface area contributed by atoms with Gasteiger partial charge in [-0.3, -0.25) is 9.59 Å². The molecule has 0 saturated carbocycles. The zero-order valence-corrected chi connectivity index (χ0v) is 14.6. The Morgan fingerprint density at radius 3 is 2.50 bits per heavy atom. The minimum Gasteiger partial charge on any atom is -0.481 e. The topological polar surface area (TPSA) is 93.4 Å². The summed E-state index contributed by atoms with van der Waals surface area (Å²) in [7, 11) is 0. The van der Waals surface area contributed by atoms with E-state index in [1.165, 1.54) is 11.1 Å². The molecule has 24 heavy (non-hydrogen) atoms. The fourth-order valence-corrected chi connectivity index (χ4v) is 2.78. The maximum atomic E-state index is 12.3. The molecule has 1 amide bonds. The van der Waals surface area contributed by atoms with E-state index in [1.807, 2.05) is 30.3 Å². The van der Waals surface area contributed by atoms with Gasteiger partial charge in [-0.2, -0.15) is 5.26 Å². The zero-order valence-electron chi connectivity index (χ0n) is 13.0. The molecule has 2 N–H and O–H groups in total. The normalized spacial score (nSPS) is 15.7. The predicted octanol–water partition coefficient (Wildman–Crippen LogP) is 2.27. The van der Waals surface area contributed by atoms with Crippen molar-refractivity contribution in [3.05, 3.63) is 46.1 Å². The SMILES string of the molecule is N#C/C(=C/NCc1ccc(Br)cc1)C(=O)N1CCC(C(=O)O)CC1. The van der Waals surface area contributed by atoms with Gasteiger partial charge < -0.3 is 15.3 Å². The Morgan fingerprint density at radius 2 is 1.96 bits per heavy atom. The van der Waals surface area contributed by atoms with Crippen molar-refractivity contribution in [2.75, 3.05) is 13.1 Å². The summed E-state index contributed by atoms with van der Waals surface area (Å²) in [6.45, 7) is 1.23. The van der Waals surface area contributed by atoms with Crippen molar-refractivity contribution >= 4 is 27.8 Å². The van der Waals surface area contributed by atoms with Crippen molar-refractivity contribution in [2.45, 2.75) is 19.4 Å². The Labute approximate surface area is 148 Å². The lowest BCUT2D eigenvalue weighted by Crippen LogP contribution is -2.41. The second kappa shape index (κ2) is 8.50. The van der Waals surface area contributed by atoms with Crippen LogP contribution in [0.5, 0.6) is 0 Å². The third kappa shape index (κ3) is 4.83. The van der Waals surface area contributed by atoms with Crippen molar-refractivity contribution in [3.63, 3.8) is 0 Å². The van der Waals surface area contributed by atoms with Crippen LogP contribution in [0.3, 0.4) is 0 Å². The molecule has 0 aromatic heterocycles. The van der Waals surface area contributed by atoms with Crippen LogP contribution in [-0.2, 0) is 16.1 Å². The molecule has 0 unspecified atom stereocenters. The first-order valence-electron chi connectivity index (χ1n) is 7.61. The van der Waals surface area contributed by atoms with E-state index in [9.17, 15) is 14.9 Å². The molecule has 0 radical (unpaired) electrons. The molecule has 1 aliphatic heterocycles. The van der Waals surface area contributed by atoms with Crippen LogP contribution >= 0.6 is 15.9 Å². The van der Waals surface area contributed by atoms with Crippen LogP contribution in [0.1, 0.15) is 18.4 Å². The molecule has 0 spiro atoms. The summed E-state index contributed by atoms with van der Waals surface area (Å²) in [6, 6.07) is 9.63. The molecule has 2 rings (SSSR count). The molecular formula is C17H18BrN3O3. The summed E-state index contributed by atoms with van der Waals surface area (Å²) in [5, 5.41) is 21.2. The molecule has 0 aliphatic carbocycles. The number of aliphatic carboxylic acids is 1. The molecular weight excluding hydrogens is 374 g/mol. The maximum absolute atomic E-state index is 12.3. The smallest absolute Gasteiger partial charge is 0.306 e. The summed E-state index contributed by atoms with van der Waals surface area (Å²) >= 11 is 3.36. The first kappa shape index (κ1) is 18.0. The average molecular weight is 392 g/mol. The molecule has 1 aromatic carbocycles. The van der Waals surface area contributed by atoms with Gasteiger partial charge >= 0.3 is 5.97 Å². The number of carbonyl (C=O) groups excluding carboxylic acids is 1. The number of carboxylic acids is 1. The van der Waals surface area contributed by atoms with Gasteiger partial charge in [0.2, 0.25) is 0 Å². The number of amides is 1. The van der Waals surface area contributed by atoms with E-state index in [4.69, 9.17) is 5.11 Å². The number of nitrogens with zero attached hydrogens (tertiary/aromatic N) is 2. The van der Waals surface area contributed by atoms with Gasteiger partial charge in [0.1, 0.15) is 11.6 Å². The Hall–Kier alpha value is -2.33. The number of hydrogen-bond acceptors (Lipinski definition) is 4. The third-order valence-corrected chi connectivity index (χ3v) is 4.48. The van der Waals surface area contributed by atoms with E-state index in [-0.39, 0.29) is 11.5 Å². The summed E-state index contributed by atoms with van der Waals surface area (Å²) in [6.07, 6.45) is 2.27. The lowest BCUT2D eigenvalue weighted by Gasteiger charge is -2.29. The second-order valence-corrected chi connectivity index (χ2v) is 6.50. The number of likely N-dealkylation sites (tertiary alicyclic amines) is 1. The van der Waals surface area contributed by atoms with Crippen molar-refractivity contribution in [1.29, 1.82) is 5.26 Å². The molecule has 0 bridgehead atoms. The molecule has 1 aliphatic rings. The number of halogens is 1.